The van der Waals surface area contributed by atoms with Crippen LogP contribution in [0, 0.1) is 20.8 Å². The van der Waals surface area contributed by atoms with Crippen molar-refractivity contribution in [2.75, 3.05) is 32.0 Å². The van der Waals surface area contributed by atoms with Gasteiger partial charge in [0.2, 0.25) is 10.0 Å². The van der Waals surface area contributed by atoms with Crippen molar-refractivity contribution in [1.29, 1.82) is 0 Å². The van der Waals surface area contributed by atoms with Crippen molar-refractivity contribution in [3.63, 3.8) is 0 Å². The first-order valence-electron chi connectivity index (χ1n) is 11.4. The van der Waals surface area contributed by atoms with E-state index in [0.29, 0.717) is 17.0 Å². The van der Waals surface area contributed by atoms with E-state index in [1.807, 2.05) is 19.9 Å². The molecule has 198 valence electrons. The Morgan fingerprint density at radius 1 is 0.865 bits per heavy atom. The molecule has 0 heterocycles. The van der Waals surface area contributed by atoms with Crippen LogP contribution < -0.4 is 14.8 Å². The van der Waals surface area contributed by atoms with Crippen LogP contribution in [-0.4, -0.2) is 54.3 Å². The number of nitrogens with zero attached hydrogens (tertiary/aromatic N) is 1. The fourth-order valence-electron chi connectivity index (χ4n) is 3.63. The van der Waals surface area contributed by atoms with Crippen LogP contribution in [0.1, 0.15) is 27.0 Å². The van der Waals surface area contributed by atoms with Gasteiger partial charge in [0.25, 0.3) is 15.9 Å². The maximum atomic E-state index is 13.1. The van der Waals surface area contributed by atoms with E-state index < -0.39 is 26.0 Å². The van der Waals surface area contributed by atoms with Gasteiger partial charge in [-0.25, -0.2) is 21.1 Å². The van der Waals surface area contributed by atoms with Crippen molar-refractivity contribution in [2.45, 2.75) is 30.6 Å². The third kappa shape index (κ3) is 7.09. The summed E-state index contributed by atoms with van der Waals surface area (Å²) in [6, 6.07) is 15.9. The van der Waals surface area contributed by atoms with Crippen LogP contribution in [0.4, 0.5) is 5.69 Å². The molecule has 0 spiro atoms. The van der Waals surface area contributed by atoms with Crippen LogP contribution in [0.15, 0.2) is 70.5 Å². The number of hydrogen-bond acceptors (Lipinski definition) is 6. The molecule has 37 heavy (non-hydrogen) atoms. The van der Waals surface area contributed by atoms with E-state index in [4.69, 9.17) is 4.74 Å². The molecule has 0 radical (unpaired) electrons. The normalized spacial score (nSPS) is 11.8. The van der Waals surface area contributed by atoms with E-state index in [0.717, 1.165) is 15.4 Å². The van der Waals surface area contributed by atoms with E-state index in [2.05, 4.69) is 10.0 Å². The summed E-state index contributed by atoms with van der Waals surface area (Å²) in [6.07, 6.45) is 0. The third-order valence-corrected chi connectivity index (χ3v) is 8.83. The van der Waals surface area contributed by atoms with Crippen LogP contribution in [0.25, 0.3) is 0 Å². The second-order valence-corrected chi connectivity index (χ2v) is 12.6. The van der Waals surface area contributed by atoms with Gasteiger partial charge < -0.3 is 10.1 Å². The molecule has 9 nitrogen and oxygen atoms in total. The van der Waals surface area contributed by atoms with Crippen LogP contribution in [0.3, 0.4) is 0 Å². The Labute approximate surface area is 218 Å². The smallest absolute Gasteiger partial charge is 0.262 e. The largest absolute Gasteiger partial charge is 0.492 e. The molecule has 3 rings (SSSR count). The quantitative estimate of drug-likeness (QED) is 0.376. The molecule has 0 saturated carbocycles. The molecular weight excluding hydrogens is 514 g/mol. The maximum Gasteiger partial charge on any atom is 0.262 e. The fourth-order valence-corrected chi connectivity index (χ4v) is 5.84. The maximum absolute atomic E-state index is 13.1. The molecule has 0 aromatic heterocycles. The number of aryl methyl sites for hydroxylation is 3. The topological polar surface area (TPSA) is 122 Å². The monoisotopic (exact) mass is 545 g/mol. The zero-order chi connectivity index (χ0) is 27.4. The van der Waals surface area contributed by atoms with Crippen LogP contribution >= 0.6 is 0 Å². The van der Waals surface area contributed by atoms with Crippen molar-refractivity contribution in [3.05, 3.63) is 82.9 Å². The zero-order valence-corrected chi connectivity index (χ0v) is 23.0. The Morgan fingerprint density at radius 3 is 2.08 bits per heavy atom. The summed E-state index contributed by atoms with van der Waals surface area (Å²) < 4.78 is 59.7. The average molecular weight is 546 g/mol. The minimum absolute atomic E-state index is 0.0170. The van der Waals surface area contributed by atoms with Crippen LogP contribution in [0.5, 0.6) is 5.75 Å². The molecule has 0 saturated heterocycles. The van der Waals surface area contributed by atoms with Gasteiger partial charge in [-0.1, -0.05) is 12.1 Å². The van der Waals surface area contributed by atoms with Gasteiger partial charge in [-0.05, 0) is 86.0 Å². The van der Waals surface area contributed by atoms with E-state index in [-0.39, 0.29) is 28.5 Å². The minimum atomic E-state index is -3.91. The predicted octanol–water partition coefficient (Wildman–Crippen LogP) is 3.47. The Hall–Kier alpha value is -3.41. The number of rotatable bonds is 10. The number of sulfonamides is 2. The number of carbonyl (C=O) groups is 1. The van der Waals surface area contributed by atoms with Gasteiger partial charge in [0.1, 0.15) is 12.4 Å². The summed E-state index contributed by atoms with van der Waals surface area (Å²) in [5, 5.41) is 2.70. The molecule has 0 bridgehead atoms. The lowest BCUT2D eigenvalue weighted by molar-refractivity contribution is 0.0946. The van der Waals surface area contributed by atoms with Crippen molar-refractivity contribution in [3.8, 4) is 5.75 Å². The molecular formula is C26H31N3O6S2. The van der Waals surface area contributed by atoms with Crippen molar-refractivity contribution < 1.29 is 26.4 Å². The molecule has 2 N–H and O–H groups in total. The second-order valence-electron chi connectivity index (χ2n) is 8.83. The first-order valence-corrected chi connectivity index (χ1v) is 14.4. The molecule has 0 fully saturated rings. The number of benzene rings is 3. The number of carbonyl (C=O) groups excluding carboxylic acids is 1. The highest BCUT2D eigenvalue weighted by molar-refractivity contribution is 7.92. The highest BCUT2D eigenvalue weighted by Crippen LogP contribution is 2.23. The Balaban J connectivity index is 1.62. The number of hydrogen-bond donors (Lipinski definition) is 2. The summed E-state index contributed by atoms with van der Waals surface area (Å²) in [7, 11) is -4.53. The van der Waals surface area contributed by atoms with Crippen molar-refractivity contribution >= 4 is 31.6 Å². The van der Waals surface area contributed by atoms with E-state index in [9.17, 15) is 21.6 Å². The molecule has 0 atom stereocenters. The highest BCUT2D eigenvalue weighted by Gasteiger charge is 2.20. The lowest BCUT2D eigenvalue weighted by Gasteiger charge is -2.14. The first kappa shape index (κ1) is 28.2. The molecule has 11 heteroatoms. The molecule has 0 unspecified atom stereocenters. The fraction of sp³-hybridized carbons (Fsp3) is 0.269. The second kappa shape index (κ2) is 11.3. The number of amides is 1. The zero-order valence-electron chi connectivity index (χ0n) is 21.4. The van der Waals surface area contributed by atoms with Gasteiger partial charge in [0.05, 0.1) is 16.3 Å². The van der Waals surface area contributed by atoms with Crippen molar-refractivity contribution in [2.24, 2.45) is 0 Å². The summed E-state index contributed by atoms with van der Waals surface area (Å²) in [5.41, 5.74) is 3.02. The van der Waals surface area contributed by atoms with Gasteiger partial charge >= 0.3 is 0 Å². The number of anilines is 1. The Morgan fingerprint density at radius 2 is 1.49 bits per heavy atom. The van der Waals surface area contributed by atoms with E-state index >= 15 is 0 Å². The van der Waals surface area contributed by atoms with Gasteiger partial charge in [-0.3, -0.25) is 9.52 Å². The van der Waals surface area contributed by atoms with E-state index in [1.54, 1.807) is 31.2 Å². The molecule has 1 amide bonds. The molecule has 3 aromatic rings. The molecule has 3 aromatic carbocycles. The lowest BCUT2D eigenvalue weighted by atomic mass is 10.1. The molecule has 0 aliphatic heterocycles. The van der Waals surface area contributed by atoms with Gasteiger partial charge in [0, 0.05) is 25.3 Å². The molecule has 0 aliphatic rings. The first-order chi connectivity index (χ1) is 17.3. The lowest BCUT2D eigenvalue weighted by Crippen LogP contribution is -2.28. The standard InChI is InChI=1S/C26H31N3O6S2/c1-18-14-19(2)16-22(15-18)28-36(31,32)25-17-21(7-6-20(25)3)26(30)27-12-13-35-23-8-10-24(11-9-23)37(33,34)29(4)5/h6-11,14-17,28H,12-13H2,1-5H3,(H,27,30). The van der Waals surface area contributed by atoms with Crippen molar-refractivity contribution in [1.82, 2.24) is 9.62 Å². The van der Waals surface area contributed by atoms with E-state index in [1.165, 1.54) is 44.4 Å². The number of nitrogens with one attached hydrogen (secondary N) is 2. The third-order valence-electron chi connectivity index (χ3n) is 5.47. The molecule has 0 aliphatic carbocycles. The van der Waals surface area contributed by atoms with Gasteiger partial charge in [0.15, 0.2) is 0 Å². The van der Waals surface area contributed by atoms with Gasteiger partial charge in [-0.15, -0.1) is 0 Å². The van der Waals surface area contributed by atoms with Crippen LogP contribution in [-0.2, 0) is 20.0 Å². The van der Waals surface area contributed by atoms with Crippen LogP contribution in [0.2, 0.25) is 0 Å². The Bertz CT molecular complexity index is 1480. The highest BCUT2D eigenvalue weighted by atomic mass is 32.2. The minimum Gasteiger partial charge on any atom is -0.492 e. The summed E-state index contributed by atoms with van der Waals surface area (Å²) >= 11 is 0. The summed E-state index contributed by atoms with van der Waals surface area (Å²) in [6.45, 7) is 5.73. The number of ether oxygens (including phenoxy) is 1. The Kier molecular flexibility index (Phi) is 8.62. The predicted molar refractivity (Wildman–Crippen MR) is 143 cm³/mol. The summed E-state index contributed by atoms with van der Waals surface area (Å²) in [4.78, 5) is 12.8. The summed E-state index contributed by atoms with van der Waals surface area (Å²) in [5.74, 6) is 0.00649. The van der Waals surface area contributed by atoms with Gasteiger partial charge in [-0.2, -0.15) is 0 Å². The average Bonchev–Trinajstić information content (AvgIpc) is 2.81. The SMILES string of the molecule is Cc1cc(C)cc(NS(=O)(=O)c2cc(C(=O)NCCOc3ccc(S(=O)(=O)N(C)C)cc3)ccc2C)c1.